The van der Waals surface area contributed by atoms with Crippen LogP contribution in [-0.2, 0) is 6.42 Å². The first-order valence-electron chi connectivity index (χ1n) is 5.79. The molecule has 2 nitrogen and oxygen atoms in total. The van der Waals surface area contributed by atoms with Gasteiger partial charge in [0.05, 0.1) is 12.3 Å². The second-order valence-corrected chi connectivity index (χ2v) is 4.84. The molecule has 0 aliphatic rings. The summed E-state index contributed by atoms with van der Waals surface area (Å²) in [6.07, 6.45) is 3.92. The zero-order valence-corrected chi connectivity index (χ0v) is 11.4. The lowest BCUT2D eigenvalue weighted by atomic mass is 10.00. The molecule has 1 heterocycles. The Kier molecular flexibility index (Phi) is 4.02. The third kappa shape index (κ3) is 2.79. The molecule has 2 rings (SSSR count). The van der Waals surface area contributed by atoms with Crippen molar-refractivity contribution in [2.24, 2.45) is 5.73 Å². The molecule has 0 aliphatic heterocycles. The highest BCUT2D eigenvalue weighted by Gasteiger charge is 2.14. The quantitative estimate of drug-likeness (QED) is 0.924. The Morgan fingerprint density at radius 1 is 1.24 bits per heavy atom. The van der Waals surface area contributed by atoms with Gasteiger partial charge in [0, 0.05) is 5.56 Å². The average Bonchev–Trinajstić information content (AvgIpc) is 2.76. The fraction of sp³-hybridized carbons (Fsp3) is 0.286. The number of hydrogen-bond acceptors (Lipinski definition) is 2. The van der Waals surface area contributed by atoms with E-state index in [0.29, 0.717) is 4.67 Å². The Balaban J connectivity index is 2.20. The van der Waals surface area contributed by atoms with Crippen LogP contribution in [0.15, 0.2) is 45.7 Å². The van der Waals surface area contributed by atoms with E-state index in [9.17, 15) is 0 Å². The number of benzene rings is 1. The summed E-state index contributed by atoms with van der Waals surface area (Å²) in [6.45, 7) is 2.18. The van der Waals surface area contributed by atoms with E-state index in [1.54, 1.807) is 6.26 Å². The van der Waals surface area contributed by atoms with Gasteiger partial charge in [-0.2, -0.15) is 0 Å². The summed E-state index contributed by atoms with van der Waals surface area (Å²) < 4.78 is 5.92. The lowest BCUT2D eigenvalue weighted by Crippen LogP contribution is -2.11. The summed E-state index contributed by atoms with van der Waals surface area (Å²) >= 11 is 3.36. The molecule has 0 bridgehead atoms. The van der Waals surface area contributed by atoms with Crippen LogP contribution in [0, 0.1) is 0 Å². The topological polar surface area (TPSA) is 39.2 Å². The number of hydrogen-bond donors (Lipinski definition) is 1. The van der Waals surface area contributed by atoms with Crippen molar-refractivity contribution in [2.75, 3.05) is 0 Å². The van der Waals surface area contributed by atoms with E-state index in [4.69, 9.17) is 10.2 Å². The molecule has 1 atom stereocenters. The highest BCUT2D eigenvalue weighted by molar-refractivity contribution is 9.10. The van der Waals surface area contributed by atoms with Gasteiger partial charge in [-0.15, -0.1) is 0 Å². The number of furan rings is 1. The van der Waals surface area contributed by atoms with Gasteiger partial charge in [-0.3, -0.25) is 0 Å². The van der Waals surface area contributed by atoms with Gasteiger partial charge < -0.3 is 10.2 Å². The first kappa shape index (κ1) is 12.4. The molecular formula is C14H16BrNO. The van der Waals surface area contributed by atoms with Crippen molar-refractivity contribution < 1.29 is 4.42 Å². The minimum atomic E-state index is -0.140. The number of halogens is 1. The predicted molar refractivity (Wildman–Crippen MR) is 72.9 cm³/mol. The standard InChI is InChI=1S/C14H16BrNO/c1-2-3-10-4-6-11(7-5-10)13(16)12-8-9-17-14(12)15/h4-9,13H,2-3,16H2,1H3. The zero-order valence-electron chi connectivity index (χ0n) is 9.82. The molecule has 17 heavy (non-hydrogen) atoms. The second-order valence-electron chi connectivity index (χ2n) is 4.12. The summed E-state index contributed by atoms with van der Waals surface area (Å²) in [5, 5.41) is 0. The SMILES string of the molecule is CCCc1ccc(C(N)c2ccoc2Br)cc1. The number of nitrogens with two attached hydrogens (primary N) is 1. The van der Waals surface area contributed by atoms with Gasteiger partial charge in [0.25, 0.3) is 0 Å². The lowest BCUT2D eigenvalue weighted by molar-refractivity contribution is 0.534. The largest absolute Gasteiger partial charge is 0.457 e. The van der Waals surface area contributed by atoms with Crippen LogP contribution in [0.2, 0.25) is 0 Å². The predicted octanol–water partition coefficient (Wildman–Crippen LogP) is 4.04. The molecule has 0 amide bonds. The zero-order chi connectivity index (χ0) is 12.3. The fourth-order valence-corrected chi connectivity index (χ4v) is 2.37. The molecule has 0 fully saturated rings. The molecule has 1 aromatic heterocycles. The van der Waals surface area contributed by atoms with Gasteiger partial charge in [-0.1, -0.05) is 37.6 Å². The van der Waals surface area contributed by atoms with Crippen molar-refractivity contribution in [3.8, 4) is 0 Å². The maximum absolute atomic E-state index is 6.20. The van der Waals surface area contributed by atoms with Gasteiger partial charge in [0.2, 0.25) is 0 Å². The van der Waals surface area contributed by atoms with Crippen LogP contribution in [0.3, 0.4) is 0 Å². The van der Waals surface area contributed by atoms with Crippen LogP contribution in [0.1, 0.15) is 36.1 Å². The van der Waals surface area contributed by atoms with Crippen LogP contribution in [0.5, 0.6) is 0 Å². The minimum Gasteiger partial charge on any atom is -0.457 e. The van der Waals surface area contributed by atoms with E-state index in [-0.39, 0.29) is 6.04 Å². The fourth-order valence-electron chi connectivity index (χ4n) is 1.89. The van der Waals surface area contributed by atoms with Crippen molar-refractivity contribution in [3.05, 3.63) is 58.0 Å². The highest BCUT2D eigenvalue weighted by Crippen LogP contribution is 2.27. The summed E-state index contributed by atoms with van der Waals surface area (Å²) in [5.41, 5.74) is 9.64. The molecule has 2 aromatic rings. The molecule has 0 radical (unpaired) electrons. The number of aryl methyl sites for hydroxylation is 1. The van der Waals surface area contributed by atoms with Gasteiger partial charge >= 0.3 is 0 Å². The lowest BCUT2D eigenvalue weighted by Gasteiger charge is -2.11. The molecule has 1 aromatic carbocycles. The second kappa shape index (κ2) is 5.52. The maximum atomic E-state index is 6.20. The molecule has 90 valence electrons. The molecule has 1 unspecified atom stereocenters. The van der Waals surface area contributed by atoms with Gasteiger partial charge in [0.1, 0.15) is 0 Å². The Morgan fingerprint density at radius 3 is 2.47 bits per heavy atom. The van der Waals surface area contributed by atoms with Crippen molar-refractivity contribution in [1.82, 2.24) is 0 Å². The summed E-state index contributed by atoms with van der Waals surface area (Å²) in [6, 6.07) is 10.2. The summed E-state index contributed by atoms with van der Waals surface area (Å²) in [4.78, 5) is 0. The van der Waals surface area contributed by atoms with Crippen molar-refractivity contribution in [3.63, 3.8) is 0 Å². The minimum absolute atomic E-state index is 0.140. The van der Waals surface area contributed by atoms with Crippen molar-refractivity contribution in [1.29, 1.82) is 0 Å². The molecule has 0 spiro atoms. The van der Waals surface area contributed by atoms with Gasteiger partial charge in [-0.25, -0.2) is 0 Å². The van der Waals surface area contributed by atoms with Gasteiger partial charge in [-0.05, 0) is 39.5 Å². The maximum Gasteiger partial charge on any atom is 0.174 e. The third-order valence-electron chi connectivity index (χ3n) is 2.86. The summed E-state index contributed by atoms with van der Waals surface area (Å²) in [7, 11) is 0. The Morgan fingerprint density at radius 2 is 1.94 bits per heavy atom. The van der Waals surface area contributed by atoms with E-state index in [2.05, 4.69) is 47.1 Å². The van der Waals surface area contributed by atoms with Crippen LogP contribution >= 0.6 is 15.9 Å². The molecule has 0 saturated carbocycles. The molecule has 3 heteroatoms. The first-order valence-corrected chi connectivity index (χ1v) is 6.59. The molecule has 0 aliphatic carbocycles. The van der Waals surface area contributed by atoms with Crippen LogP contribution in [-0.4, -0.2) is 0 Å². The third-order valence-corrected chi connectivity index (χ3v) is 3.50. The summed E-state index contributed by atoms with van der Waals surface area (Å²) in [5.74, 6) is 0. The van der Waals surface area contributed by atoms with E-state index in [0.717, 1.165) is 17.5 Å². The van der Waals surface area contributed by atoms with Crippen molar-refractivity contribution in [2.45, 2.75) is 25.8 Å². The monoisotopic (exact) mass is 293 g/mol. The molecular weight excluding hydrogens is 278 g/mol. The van der Waals surface area contributed by atoms with E-state index < -0.39 is 0 Å². The molecule has 2 N–H and O–H groups in total. The van der Waals surface area contributed by atoms with E-state index in [1.165, 1.54) is 12.0 Å². The van der Waals surface area contributed by atoms with E-state index >= 15 is 0 Å². The smallest absolute Gasteiger partial charge is 0.174 e. The first-order chi connectivity index (χ1) is 8.22. The van der Waals surface area contributed by atoms with Crippen LogP contribution in [0.4, 0.5) is 0 Å². The van der Waals surface area contributed by atoms with Gasteiger partial charge in [0.15, 0.2) is 4.67 Å². The number of rotatable bonds is 4. The van der Waals surface area contributed by atoms with Crippen molar-refractivity contribution >= 4 is 15.9 Å². The normalized spacial score (nSPS) is 12.6. The Labute approximate surface area is 110 Å². The van der Waals surface area contributed by atoms with E-state index in [1.807, 2.05) is 6.07 Å². The Hall–Kier alpha value is -1.06. The Bertz CT molecular complexity index is 475. The highest BCUT2D eigenvalue weighted by atomic mass is 79.9. The van der Waals surface area contributed by atoms with Crippen LogP contribution < -0.4 is 5.73 Å². The molecule has 0 saturated heterocycles. The average molecular weight is 294 g/mol. The van der Waals surface area contributed by atoms with Crippen LogP contribution in [0.25, 0.3) is 0 Å².